The van der Waals surface area contributed by atoms with Crippen LogP contribution in [0.25, 0.3) is 0 Å². The molecule has 0 radical (unpaired) electrons. The second kappa shape index (κ2) is 11.1. The number of rotatable bonds is 7. The first kappa shape index (κ1) is 23.6. The third kappa shape index (κ3) is 5.74. The Morgan fingerprint density at radius 3 is 1.49 bits per heavy atom. The Morgan fingerprint density at radius 2 is 0.973 bits per heavy atom. The van der Waals surface area contributed by atoms with Crippen LogP contribution in [0.3, 0.4) is 0 Å². The zero-order valence-corrected chi connectivity index (χ0v) is 20.0. The first-order chi connectivity index (χ1) is 18.2. The molecule has 0 bridgehead atoms. The van der Waals surface area contributed by atoms with Gasteiger partial charge in [0.2, 0.25) is 0 Å². The van der Waals surface area contributed by atoms with Crippen LogP contribution >= 0.6 is 0 Å². The van der Waals surface area contributed by atoms with Crippen LogP contribution in [0.5, 0.6) is 11.5 Å². The average molecular weight is 484 g/mol. The normalized spacial score (nSPS) is 11.2. The summed E-state index contributed by atoms with van der Waals surface area (Å²) < 4.78 is 0. The molecule has 0 amide bonds. The van der Waals surface area contributed by atoms with Crippen LogP contribution < -0.4 is 4.90 Å². The molecule has 5 aromatic rings. The first-order valence-corrected chi connectivity index (χ1v) is 11.9. The van der Waals surface area contributed by atoms with Crippen molar-refractivity contribution >= 4 is 40.9 Å². The van der Waals surface area contributed by atoms with Gasteiger partial charge in [0, 0.05) is 23.8 Å². The molecule has 0 spiro atoms. The molecule has 5 aromatic carbocycles. The van der Waals surface area contributed by atoms with E-state index in [0.717, 1.165) is 28.2 Å². The van der Waals surface area contributed by atoms with E-state index >= 15 is 0 Å². The molecule has 37 heavy (non-hydrogen) atoms. The minimum Gasteiger partial charge on any atom is -0.508 e. The van der Waals surface area contributed by atoms with Gasteiger partial charge in [-0.25, -0.2) is 0 Å². The number of benzene rings is 5. The van der Waals surface area contributed by atoms with Gasteiger partial charge >= 0.3 is 0 Å². The summed E-state index contributed by atoms with van der Waals surface area (Å²) in [5.41, 5.74) is 5.96. The molecule has 0 aliphatic rings. The third-order valence-electron chi connectivity index (χ3n) is 5.74. The van der Waals surface area contributed by atoms with Gasteiger partial charge < -0.3 is 15.1 Å². The van der Waals surface area contributed by atoms with E-state index in [4.69, 9.17) is 9.98 Å². The Labute approximate surface area is 216 Å². The molecule has 5 rings (SSSR count). The van der Waals surface area contributed by atoms with Crippen molar-refractivity contribution in [3.8, 4) is 11.5 Å². The van der Waals surface area contributed by atoms with Gasteiger partial charge in [-0.05, 0) is 96.1 Å². The zero-order chi connectivity index (χ0) is 25.5. The maximum Gasteiger partial charge on any atom is 0.115 e. The molecule has 5 nitrogen and oxygen atoms in total. The minimum absolute atomic E-state index is 0.205. The van der Waals surface area contributed by atoms with Crippen LogP contribution in [-0.4, -0.2) is 22.6 Å². The first-order valence-electron chi connectivity index (χ1n) is 11.9. The fourth-order valence-corrected chi connectivity index (χ4v) is 3.92. The molecule has 2 N–H and O–H groups in total. The van der Waals surface area contributed by atoms with E-state index in [-0.39, 0.29) is 11.5 Å². The Balaban J connectivity index is 1.66. The molecule has 0 aliphatic carbocycles. The lowest BCUT2D eigenvalue weighted by Crippen LogP contribution is -2.10. The second-order valence-electron chi connectivity index (χ2n) is 8.35. The van der Waals surface area contributed by atoms with Crippen molar-refractivity contribution in [1.29, 1.82) is 0 Å². The fraction of sp³-hybridized carbons (Fsp3) is 0. The highest BCUT2D eigenvalue weighted by atomic mass is 16.3. The number of aliphatic imine (C=N–C) groups is 2. The number of phenolic OH excluding ortho intramolecular Hbond substituents is 2. The molecule has 0 aromatic heterocycles. The lowest BCUT2D eigenvalue weighted by molar-refractivity contribution is 0.475. The van der Waals surface area contributed by atoms with Crippen molar-refractivity contribution < 1.29 is 10.2 Å². The van der Waals surface area contributed by atoms with Crippen molar-refractivity contribution in [3.05, 3.63) is 139 Å². The predicted molar refractivity (Wildman–Crippen MR) is 152 cm³/mol. The van der Waals surface area contributed by atoms with E-state index in [9.17, 15) is 10.2 Å². The molecular weight excluding hydrogens is 458 g/mol. The highest BCUT2D eigenvalue weighted by Gasteiger charge is 2.17. The van der Waals surface area contributed by atoms with Crippen molar-refractivity contribution in [2.45, 2.75) is 0 Å². The van der Waals surface area contributed by atoms with Gasteiger partial charge in [0.1, 0.15) is 17.2 Å². The van der Waals surface area contributed by atoms with Crippen LogP contribution in [0.2, 0.25) is 0 Å². The summed E-state index contributed by atoms with van der Waals surface area (Å²) in [6, 6.07) is 40.0. The Kier molecular flexibility index (Phi) is 7.04. The Bertz CT molecular complexity index is 1470. The van der Waals surface area contributed by atoms with Crippen molar-refractivity contribution in [3.63, 3.8) is 0 Å². The minimum atomic E-state index is 0.205. The highest BCUT2D eigenvalue weighted by molar-refractivity contribution is 5.94. The zero-order valence-electron chi connectivity index (χ0n) is 20.0. The monoisotopic (exact) mass is 483 g/mol. The molecule has 0 atom stereocenters. The number of hydrogen-bond acceptors (Lipinski definition) is 5. The smallest absolute Gasteiger partial charge is 0.115 e. The lowest BCUT2D eigenvalue weighted by Gasteiger charge is -2.27. The van der Waals surface area contributed by atoms with E-state index in [1.165, 1.54) is 0 Å². The maximum absolute atomic E-state index is 9.66. The summed E-state index contributed by atoms with van der Waals surface area (Å²) in [5.74, 6) is 0.413. The molecule has 0 saturated carbocycles. The van der Waals surface area contributed by atoms with Crippen molar-refractivity contribution in [2.75, 3.05) is 4.90 Å². The lowest BCUT2D eigenvalue weighted by atomic mass is 10.1. The number of para-hydroxylation sites is 3. The van der Waals surface area contributed by atoms with Gasteiger partial charge in [0.15, 0.2) is 0 Å². The van der Waals surface area contributed by atoms with Gasteiger partial charge in [-0.2, -0.15) is 0 Å². The van der Waals surface area contributed by atoms with Crippen LogP contribution in [0.4, 0.5) is 28.4 Å². The standard InChI is InChI=1S/C32H25N3O2/c36-28-18-14-24(15-19-28)22-33-30-12-7-13-31(32(30)34-23-25-16-20-29(37)21-17-25)35(26-8-3-1-4-9-26)27-10-5-2-6-11-27/h1-23,36-37H. The highest BCUT2D eigenvalue weighted by Crippen LogP contribution is 2.44. The van der Waals surface area contributed by atoms with Gasteiger partial charge in [-0.15, -0.1) is 0 Å². The second-order valence-corrected chi connectivity index (χ2v) is 8.35. The molecule has 0 aliphatic heterocycles. The van der Waals surface area contributed by atoms with Gasteiger partial charge in [0.25, 0.3) is 0 Å². The van der Waals surface area contributed by atoms with Crippen molar-refractivity contribution in [2.24, 2.45) is 9.98 Å². The molecular formula is C32H25N3O2. The van der Waals surface area contributed by atoms with E-state index < -0.39 is 0 Å². The maximum atomic E-state index is 9.66. The van der Waals surface area contributed by atoms with Gasteiger partial charge in [-0.1, -0.05) is 42.5 Å². The van der Waals surface area contributed by atoms with Crippen LogP contribution in [0, 0.1) is 0 Å². The van der Waals surface area contributed by atoms with E-state index in [0.29, 0.717) is 11.4 Å². The number of phenols is 2. The topological polar surface area (TPSA) is 68.4 Å². The Morgan fingerprint density at radius 1 is 0.486 bits per heavy atom. The van der Waals surface area contributed by atoms with Gasteiger partial charge in [0.05, 0.1) is 11.4 Å². The quantitative estimate of drug-likeness (QED) is 0.230. The number of hydrogen-bond donors (Lipinski definition) is 2. The molecule has 0 saturated heterocycles. The molecule has 0 heterocycles. The predicted octanol–water partition coefficient (Wildman–Crippen LogP) is 8.07. The number of anilines is 3. The molecule has 0 unspecified atom stereocenters. The SMILES string of the molecule is Oc1ccc(C=Nc2cccc(N(c3ccccc3)c3ccccc3)c2N=Cc2ccc(O)cc2)cc1. The number of aromatic hydroxyl groups is 2. The number of nitrogens with zero attached hydrogens (tertiary/aromatic N) is 3. The van der Waals surface area contributed by atoms with E-state index in [1.807, 2.05) is 78.9 Å². The summed E-state index contributed by atoms with van der Waals surface area (Å²) in [6.07, 6.45) is 3.53. The Hall–Kier alpha value is -5.16. The molecule has 5 heteroatoms. The summed E-state index contributed by atoms with van der Waals surface area (Å²) in [5, 5.41) is 19.3. The molecule has 0 fully saturated rings. The molecule has 180 valence electrons. The van der Waals surface area contributed by atoms with Crippen molar-refractivity contribution in [1.82, 2.24) is 0 Å². The summed E-state index contributed by atoms with van der Waals surface area (Å²) in [7, 11) is 0. The van der Waals surface area contributed by atoms with Crippen LogP contribution in [-0.2, 0) is 0 Å². The van der Waals surface area contributed by atoms with E-state index in [2.05, 4.69) is 29.2 Å². The average Bonchev–Trinajstić information content (AvgIpc) is 2.94. The van der Waals surface area contributed by atoms with Crippen LogP contribution in [0.15, 0.2) is 137 Å². The summed E-state index contributed by atoms with van der Waals surface area (Å²) in [4.78, 5) is 11.8. The summed E-state index contributed by atoms with van der Waals surface area (Å²) >= 11 is 0. The largest absolute Gasteiger partial charge is 0.508 e. The van der Waals surface area contributed by atoms with Crippen LogP contribution in [0.1, 0.15) is 11.1 Å². The van der Waals surface area contributed by atoms with Gasteiger partial charge in [-0.3, -0.25) is 9.98 Å². The van der Waals surface area contributed by atoms with E-state index in [1.54, 1.807) is 36.7 Å². The third-order valence-corrected chi connectivity index (χ3v) is 5.74. The summed E-state index contributed by atoms with van der Waals surface area (Å²) in [6.45, 7) is 0. The fourth-order valence-electron chi connectivity index (χ4n) is 3.92.